The number of carbonyl (C=O) groups is 1. The van der Waals surface area contributed by atoms with Crippen LogP contribution in [0, 0.1) is 29.6 Å². The molecular formula is C15H25NO2. The molecule has 3 rings (SSSR count). The fourth-order valence-electron chi connectivity index (χ4n) is 4.68. The Bertz CT molecular complexity index is 340. The van der Waals surface area contributed by atoms with Crippen molar-refractivity contribution in [3.05, 3.63) is 0 Å². The van der Waals surface area contributed by atoms with E-state index in [0.717, 1.165) is 11.8 Å². The minimum Gasteiger partial charge on any atom is -0.389 e. The predicted octanol–water partition coefficient (Wildman–Crippen LogP) is 1.90. The van der Waals surface area contributed by atoms with Crippen molar-refractivity contribution in [2.75, 3.05) is 13.1 Å². The third-order valence-electron chi connectivity index (χ3n) is 5.29. The van der Waals surface area contributed by atoms with Crippen LogP contribution < -0.4 is 0 Å². The monoisotopic (exact) mass is 251 g/mol. The Labute approximate surface area is 110 Å². The van der Waals surface area contributed by atoms with Crippen LogP contribution >= 0.6 is 0 Å². The van der Waals surface area contributed by atoms with Crippen molar-refractivity contribution >= 4 is 5.91 Å². The van der Waals surface area contributed by atoms with Gasteiger partial charge in [-0.05, 0) is 63.7 Å². The van der Waals surface area contributed by atoms with E-state index in [1.807, 2.05) is 11.8 Å². The minimum atomic E-state index is -0.783. The lowest BCUT2D eigenvalue weighted by Crippen LogP contribution is -2.43. The van der Waals surface area contributed by atoms with Gasteiger partial charge in [-0.25, -0.2) is 0 Å². The molecule has 0 aromatic heterocycles. The number of amides is 1. The van der Waals surface area contributed by atoms with Gasteiger partial charge < -0.3 is 10.0 Å². The molecule has 3 saturated carbocycles. The largest absolute Gasteiger partial charge is 0.389 e. The molecule has 4 atom stereocenters. The molecular weight excluding hydrogens is 226 g/mol. The lowest BCUT2D eigenvalue weighted by molar-refractivity contribution is -0.136. The number of nitrogens with zero attached hydrogens (tertiary/aromatic N) is 1. The van der Waals surface area contributed by atoms with Crippen LogP contribution in [0.3, 0.4) is 0 Å². The van der Waals surface area contributed by atoms with Gasteiger partial charge in [0.05, 0.1) is 5.60 Å². The third kappa shape index (κ3) is 1.87. The van der Waals surface area contributed by atoms with E-state index in [2.05, 4.69) is 0 Å². The van der Waals surface area contributed by atoms with Gasteiger partial charge in [0, 0.05) is 19.0 Å². The van der Waals surface area contributed by atoms with Gasteiger partial charge in [-0.2, -0.15) is 0 Å². The minimum absolute atomic E-state index is 0.304. The fourth-order valence-corrected chi connectivity index (χ4v) is 4.68. The first kappa shape index (κ1) is 12.5. The summed E-state index contributed by atoms with van der Waals surface area (Å²) in [6.45, 7) is 6.75. The third-order valence-corrected chi connectivity index (χ3v) is 5.29. The summed E-state index contributed by atoms with van der Waals surface area (Å²) in [5.74, 6) is 3.70. The van der Waals surface area contributed by atoms with Gasteiger partial charge in [-0.15, -0.1) is 0 Å². The standard InChI is InChI=1S/C15H25NO2/c1-4-16(8-15(2,3)18)14(17)13-11-9-5-6-10(7-9)12(11)13/h9-13,18H,4-8H2,1-3H3. The van der Waals surface area contributed by atoms with Crippen LogP contribution in [0.2, 0.25) is 0 Å². The van der Waals surface area contributed by atoms with E-state index in [9.17, 15) is 9.90 Å². The zero-order chi connectivity index (χ0) is 13.1. The Hall–Kier alpha value is -0.570. The molecule has 0 aromatic rings. The van der Waals surface area contributed by atoms with Gasteiger partial charge in [-0.3, -0.25) is 4.79 Å². The van der Waals surface area contributed by atoms with Crippen molar-refractivity contribution < 1.29 is 9.90 Å². The summed E-state index contributed by atoms with van der Waals surface area (Å²) in [6, 6.07) is 0. The van der Waals surface area contributed by atoms with Crippen molar-refractivity contribution in [1.29, 1.82) is 0 Å². The number of rotatable bonds is 4. The molecule has 0 aromatic carbocycles. The Morgan fingerprint density at radius 3 is 2.28 bits per heavy atom. The average Bonchev–Trinajstić information content (AvgIpc) is 2.72. The van der Waals surface area contributed by atoms with Crippen molar-refractivity contribution in [3.8, 4) is 0 Å². The van der Waals surface area contributed by atoms with Crippen LogP contribution in [0.15, 0.2) is 0 Å². The SMILES string of the molecule is CCN(CC(C)(C)O)C(=O)C1C2C3CCC(C3)C12. The molecule has 3 fully saturated rings. The van der Waals surface area contributed by atoms with Crippen LogP contribution in [-0.2, 0) is 4.79 Å². The molecule has 3 nitrogen and oxygen atoms in total. The first-order valence-electron chi connectivity index (χ1n) is 7.43. The number of likely N-dealkylation sites (N-methyl/N-ethyl adjacent to an activating group) is 1. The highest BCUT2D eigenvalue weighted by atomic mass is 16.3. The van der Waals surface area contributed by atoms with Crippen LogP contribution in [0.25, 0.3) is 0 Å². The number of hydrogen-bond acceptors (Lipinski definition) is 2. The maximum atomic E-state index is 12.6. The molecule has 3 aliphatic rings. The molecule has 1 N–H and O–H groups in total. The quantitative estimate of drug-likeness (QED) is 0.829. The van der Waals surface area contributed by atoms with Crippen LogP contribution in [0.5, 0.6) is 0 Å². The highest BCUT2D eigenvalue weighted by Gasteiger charge is 2.67. The van der Waals surface area contributed by atoms with Gasteiger partial charge >= 0.3 is 0 Å². The Kier molecular flexibility index (Phi) is 2.74. The molecule has 0 radical (unpaired) electrons. The maximum absolute atomic E-state index is 12.6. The Morgan fingerprint density at radius 1 is 1.28 bits per heavy atom. The summed E-state index contributed by atoms with van der Waals surface area (Å²) in [5.41, 5.74) is -0.783. The van der Waals surface area contributed by atoms with Gasteiger partial charge in [0.2, 0.25) is 5.91 Å². The lowest BCUT2D eigenvalue weighted by Gasteiger charge is -2.29. The van der Waals surface area contributed by atoms with Gasteiger partial charge in [0.1, 0.15) is 0 Å². The first-order valence-corrected chi connectivity index (χ1v) is 7.43. The molecule has 102 valence electrons. The smallest absolute Gasteiger partial charge is 0.226 e. The molecule has 0 aliphatic heterocycles. The summed E-state index contributed by atoms with van der Waals surface area (Å²) in [4.78, 5) is 14.4. The summed E-state index contributed by atoms with van der Waals surface area (Å²) < 4.78 is 0. The fraction of sp³-hybridized carbons (Fsp3) is 0.933. The van der Waals surface area contributed by atoms with E-state index in [4.69, 9.17) is 0 Å². The van der Waals surface area contributed by atoms with E-state index in [1.165, 1.54) is 19.3 Å². The Balaban J connectivity index is 1.65. The summed E-state index contributed by atoms with van der Waals surface area (Å²) in [7, 11) is 0. The van der Waals surface area contributed by atoms with Crippen LogP contribution in [-0.4, -0.2) is 34.6 Å². The average molecular weight is 251 g/mol. The van der Waals surface area contributed by atoms with E-state index < -0.39 is 5.60 Å². The normalized spacial score (nSPS) is 40.8. The van der Waals surface area contributed by atoms with Crippen molar-refractivity contribution in [3.63, 3.8) is 0 Å². The summed E-state index contributed by atoms with van der Waals surface area (Å²) in [5, 5.41) is 9.90. The number of hydrogen-bond donors (Lipinski definition) is 1. The number of fused-ring (bicyclic) bond motifs is 5. The highest BCUT2D eigenvalue weighted by Crippen LogP contribution is 2.69. The molecule has 0 saturated heterocycles. The van der Waals surface area contributed by atoms with Gasteiger partial charge in [0.15, 0.2) is 0 Å². The molecule has 3 heteroatoms. The van der Waals surface area contributed by atoms with Gasteiger partial charge in [-0.1, -0.05) is 0 Å². The molecule has 2 bridgehead atoms. The van der Waals surface area contributed by atoms with Crippen LogP contribution in [0.1, 0.15) is 40.0 Å². The first-order chi connectivity index (χ1) is 8.42. The summed E-state index contributed by atoms with van der Waals surface area (Å²) >= 11 is 0. The van der Waals surface area contributed by atoms with Crippen LogP contribution in [0.4, 0.5) is 0 Å². The van der Waals surface area contributed by atoms with E-state index >= 15 is 0 Å². The molecule has 0 heterocycles. The van der Waals surface area contributed by atoms with Crippen molar-refractivity contribution in [2.45, 2.75) is 45.6 Å². The second-order valence-corrected chi connectivity index (χ2v) is 7.18. The van der Waals surface area contributed by atoms with Crippen molar-refractivity contribution in [2.24, 2.45) is 29.6 Å². The van der Waals surface area contributed by atoms with E-state index in [1.54, 1.807) is 13.8 Å². The van der Waals surface area contributed by atoms with E-state index in [-0.39, 0.29) is 0 Å². The molecule has 1 amide bonds. The second-order valence-electron chi connectivity index (χ2n) is 7.18. The number of carbonyl (C=O) groups excluding carboxylic acids is 1. The lowest BCUT2D eigenvalue weighted by atomic mass is 10.0. The molecule has 0 spiro atoms. The predicted molar refractivity (Wildman–Crippen MR) is 69.9 cm³/mol. The zero-order valence-electron chi connectivity index (χ0n) is 11.7. The highest BCUT2D eigenvalue weighted by molar-refractivity contribution is 5.83. The van der Waals surface area contributed by atoms with Gasteiger partial charge in [0.25, 0.3) is 0 Å². The molecule has 18 heavy (non-hydrogen) atoms. The topological polar surface area (TPSA) is 40.5 Å². The second kappa shape index (κ2) is 3.96. The Morgan fingerprint density at radius 2 is 1.83 bits per heavy atom. The summed E-state index contributed by atoms with van der Waals surface area (Å²) in [6.07, 6.45) is 4.09. The molecule has 4 unspecified atom stereocenters. The maximum Gasteiger partial charge on any atom is 0.226 e. The zero-order valence-corrected chi connectivity index (χ0v) is 11.7. The van der Waals surface area contributed by atoms with E-state index in [0.29, 0.717) is 36.8 Å². The molecule has 3 aliphatic carbocycles. The van der Waals surface area contributed by atoms with Crippen molar-refractivity contribution in [1.82, 2.24) is 4.90 Å². The number of aliphatic hydroxyl groups is 1.